The number of nitro groups is 1. The molecule has 3 N–H and O–H groups in total. The maximum atomic E-state index is 13.9. The minimum absolute atomic E-state index is 0.0358. The van der Waals surface area contributed by atoms with Gasteiger partial charge in [0.25, 0.3) is 21.6 Å². The molecular formula is C44H48ClN7O7S. The number of hydrogen-bond donors (Lipinski definition) is 3. The number of amides is 1. The van der Waals surface area contributed by atoms with Crippen LogP contribution in [-0.2, 0) is 14.8 Å². The van der Waals surface area contributed by atoms with Gasteiger partial charge in [-0.15, -0.1) is 0 Å². The smallest absolute Gasteiger partial charge is 0.293 e. The number of benzene rings is 3. The third-order valence-electron chi connectivity index (χ3n) is 11.7. The highest BCUT2D eigenvalue weighted by Crippen LogP contribution is 2.36. The molecule has 5 aromatic rings. The fraction of sp³-hybridized carbons (Fsp3) is 0.364. The van der Waals surface area contributed by atoms with Crippen LogP contribution in [0.15, 0.2) is 95.7 Å². The average Bonchev–Trinajstić information content (AvgIpc) is 3.72. The Labute approximate surface area is 354 Å². The Morgan fingerprint density at radius 2 is 1.83 bits per heavy atom. The van der Waals surface area contributed by atoms with E-state index in [0.29, 0.717) is 31.2 Å². The summed E-state index contributed by atoms with van der Waals surface area (Å²) < 4.78 is 41.2. The number of allylic oxidation sites excluding steroid dienone is 1. The molecule has 2 saturated heterocycles. The number of carbonyl (C=O) groups excluding carboxylic acids is 1. The van der Waals surface area contributed by atoms with Gasteiger partial charge < -0.3 is 24.7 Å². The van der Waals surface area contributed by atoms with Gasteiger partial charge in [0.15, 0.2) is 0 Å². The first-order chi connectivity index (χ1) is 29.0. The number of sulfonamides is 1. The van der Waals surface area contributed by atoms with Crippen LogP contribution in [0.4, 0.5) is 17.1 Å². The van der Waals surface area contributed by atoms with Crippen molar-refractivity contribution in [2.24, 2.45) is 5.92 Å². The van der Waals surface area contributed by atoms with E-state index in [9.17, 15) is 23.3 Å². The van der Waals surface area contributed by atoms with Gasteiger partial charge in [0.2, 0.25) is 0 Å². The second-order valence-electron chi connectivity index (χ2n) is 15.7. The number of nitro benzene ring substituents is 1. The first-order valence-corrected chi connectivity index (χ1v) is 22.2. The molecule has 2 aliphatic heterocycles. The van der Waals surface area contributed by atoms with Gasteiger partial charge in [0, 0.05) is 86.4 Å². The number of piperazine rings is 1. The van der Waals surface area contributed by atoms with Crippen LogP contribution in [0.1, 0.15) is 61.4 Å². The summed E-state index contributed by atoms with van der Waals surface area (Å²) >= 11 is 6.20. The molecule has 314 valence electrons. The molecule has 0 saturated carbocycles. The summed E-state index contributed by atoms with van der Waals surface area (Å²) in [4.78, 5) is 37.2. The molecule has 2 fully saturated rings. The molecule has 0 unspecified atom stereocenters. The van der Waals surface area contributed by atoms with Gasteiger partial charge in [-0.1, -0.05) is 29.3 Å². The Kier molecular flexibility index (Phi) is 12.4. The Hall–Kier alpha value is -5.48. The molecule has 1 amide bonds. The standard InChI is InChI=1S/C44H48ClN7O7S/c1-29-27-51(19-18-50(29)28-33-4-2-3-5-38(33)31-6-8-34(45)9-7-31)35-10-12-39(42(23-35)59-36-22-32-14-17-46-43(32)48-26-36)44(53)49-60(56,57)37-11-13-40(41(24-37)52(54)55)47-25-30-15-20-58-21-16-30/h6-14,17,22-24,26,29-30,47H,2-5,15-16,18-21,25,27-28H2,1H3,(H,46,48)(H,49,53)/t29-/m1/s1. The Morgan fingerprint density at radius 3 is 2.62 bits per heavy atom. The van der Waals surface area contributed by atoms with E-state index in [0.717, 1.165) is 74.0 Å². The van der Waals surface area contributed by atoms with Gasteiger partial charge >= 0.3 is 0 Å². The number of aromatic nitrogens is 2. The molecule has 60 heavy (non-hydrogen) atoms. The van der Waals surface area contributed by atoms with Crippen molar-refractivity contribution in [3.05, 3.63) is 117 Å². The van der Waals surface area contributed by atoms with Crippen LogP contribution in [0.3, 0.4) is 0 Å². The molecule has 16 heteroatoms. The lowest BCUT2D eigenvalue weighted by molar-refractivity contribution is -0.384. The zero-order valence-electron chi connectivity index (χ0n) is 33.4. The topological polar surface area (TPSA) is 172 Å². The van der Waals surface area contributed by atoms with Gasteiger partial charge in [-0.05, 0) is 111 Å². The van der Waals surface area contributed by atoms with E-state index in [1.807, 2.05) is 18.2 Å². The van der Waals surface area contributed by atoms with Gasteiger partial charge in [0.1, 0.15) is 22.8 Å². The highest BCUT2D eigenvalue weighted by atomic mass is 35.5. The second kappa shape index (κ2) is 18.0. The lowest BCUT2D eigenvalue weighted by Gasteiger charge is -2.42. The van der Waals surface area contributed by atoms with Crippen LogP contribution in [0, 0.1) is 16.0 Å². The van der Waals surface area contributed by atoms with Crippen molar-refractivity contribution >= 4 is 61.2 Å². The van der Waals surface area contributed by atoms with Crippen molar-refractivity contribution in [1.82, 2.24) is 19.6 Å². The molecule has 3 aromatic carbocycles. The van der Waals surface area contributed by atoms with Crippen LogP contribution < -0.4 is 19.7 Å². The number of nitrogens with zero attached hydrogens (tertiary/aromatic N) is 4. The van der Waals surface area contributed by atoms with E-state index in [1.54, 1.807) is 30.5 Å². The van der Waals surface area contributed by atoms with Crippen LogP contribution in [0.2, 0.25) is 5.02 Å². The van der Waals surface area contributed by atoms with Crippen LogP contribution >= 0.6 is 11.6 Å². The van der Waals surface area contributed by atoms with Crippen molar-refractivity contribution in [2.45, 2.75) is 56.4 Å². The maximum absolute atomic E-state index is 13.9. The molecule has 8 rings (SSSR count). The van der Waals surface area contributed by atoms with Crippen molar-refractivity contribution < 1.29 is 27.6 Å². The quantitative estimate of drug-likeness (QED) is 0.0767. The molecule has 0 bridgehead atoms. The van der Waals surface area contributed by atoms with Crippen molar-refractivity contribution in [3.63, 3.8) is 0 Å². The molecular weight excluding hydrogens is 806 g/mol. The average molecular weight is 854 g/mol. The SMILES string of the molecule is C[C@@H]1CN(c2ccc(C(=O)NS(=O)(=O)c3ccc(NCC4CCOCC4)c([N+](=O)[O-])c3)c(Oc3cnc4[nH]ccc4c3)c2)CCN1CC1=C(c2ccc(Cl)cc2)CCCC1. The zero-order chi connectivity index (χ0) is 41.8. The molecule has 2 aromatic heterocycles. The number of nitrogens with one attached hydrogen (secondary N) is 3. The van der Waals surface area contributed by atoms with E-state index in [-0.39, 0.29) is 29.0 Å². The van der Waals surface area contributed by atoms with Gasteiger partial charge in [-0.3, -0.25) is 19.8 Å². The minimum atomic E-state index is -4.55. The predicted octanol–water partition coefficient (Wildman–Crippen LogP) is 8.41. The summed E-state index contributed by atoms with van der Waals surface area (Å²) in [6, 6.07) is 20.6. The van der Waals surface area contributed by atoms with E-state index < -0.39 is 31.4 Å². The lowest BCUT2D eigenvalue weighted by atomic mass is 9.87. The number of anilines is 2. The molecule has 4 heterocycles. The van der Waals surface area contributed by atoms with E-state index in [2.05, 4.69) is 48.9 Å². The van der Waals surface area contributed by atoms with Gasteiger partial charge in [-0.2, -0.15) is 0 Å². The Morgan fingerprint density at radius 1 is 1.03 bits per heavy atom. The van der Waals surface area contributed by atoms with Crippen molar-refractivity contribution in [1.29, 1.82) is 0 Å². The number of fused-ring (bicyclic) bond motifs is 1. The Balaban J connectivity index is 1.02. The van der Waals surface area contributed by atoms with E-state index >= 15 is 0 Å². The first-order valence-electron chi connectivity index (χ1n) is 20.4. The fourth-order valence-electron chi connectivity index (χ4n) is 8.35. The molecule has 0 radical (unpaired) electrons. The largest absolute Gasteiger partial charge is 0.455 e. The number of aromatic amines is 1. The first kappa shape index (κ1) is 41.3. The molecule has 3 aliphatic rings. The number of rotatable bonds is 13. The number of ether oxygens (including phenoxy) is 2. The zero-order valence-corrected chi connectivity index (χ0v) is 34.9. The van der Waals surface area contributed by atoms with Gasteiger partial charge in [-0.25, -0.2) is 18.1 Å². The number of hydrogen-bond acceptors (Lipinski definition) is 11. The highest BCUT2D eigenvalue weighted by molar-refractivity contribution is 7.90. The summed E-state index contributed by atoms with van der Waals surface area (Å²) in [6.07, 6.45) is 9.42. The minimum Gasteiger partial charge on any atom is -0.455 e. The van der Waals surface area contributed by atoms with Gasteiger partial charge in [0.05, 0.1) is 21.6 Å². The number of pyridine rings is 1. The van der Waals surface area contributed by atoms with Crippen molar-refractivity contribution in [2.75, 3.05) is 56.2 Å². The van der Waals surface area contributed by atoms with E-state index in [4.69, 9.17) is 21.1 Å². The summed E-state index contributed by atoms with van der Waals surface area (Å²) in [5, 5.41) is 16.7. The number of H-pyrrole nitrogens is 1. The summed E-state index contributed by atoms with van der Waals surface area (Å²) in [5.74, 6) is -0.194. The highest BCUT2D eigenvalue weighted by Gasteiger charge is 2.29. The van der Waals surface area contributed by atoms with E-state index in [1.165, 1.54) is 47.9 Å². The summed E-state index contributed by atoms with van der Waals surface area (Å²) in [6.45, 7) is 7.11. The Bertz CT molecular complexity index is 2520. The summed E-state index contributed by atoms with van der Waals surface area (Å²) in [7, 11) is -4.55. The van der Waals surface area contributed by atoms with Crippen LogP contribution in [0.5, 0.6) is 11.5 Å². The third kappa shape index (κ3) is 9.44. The molecule has 0 spiro atoms. The normalized spacial score (nSPS) is 18.1. The third-order valence-corrected chi connectivity index (χ3v) is 13.3. The molecule has 1 aliphatic carbocycles. The monoisotopic (exact) mass is 853 g/mol. The fourth-order valence-corrected chi connectivity index (χ4v) is 9.47. The second-order valence-corrected chi connectivity index (χ2v) is 17.9. The predicted molar refractivity (Wildman–Crippen MR) is 232 cm³/mol. The number of halogens is 1. The lowest BCUT2D eigenvalue weighted by Crippen LogP contribution is -2.52. The van der Waals surface area contributed by atoms with Crippen LogP contribution in [-0.4, -0.2) is 86.1 Å². The van der Waals surface area contributed by atoms with Crippen molar-refractivity contribution in [3.8, 4) is 11.5 Å². The summed E-state index contributed by atoms with van der Waals surface area (Å²) in [5.41, 5.74) is 5.36. The molecule has 1 atom stereocenters. The molecule has 14 nitrogen and oxygen atoms in total. The van der Waals surface area contributed by atoms with Crippen LogP contribution in [0.25, 0.3) is 16.6 Å². The maximum Gasteiger partial charge on any atom is 0.293 e. The number of carbonyl (C=O) groups is 1.